The number of anilines is 1. The van der Waals surface area contributed by atoms with Crippen molar-refractivity contribution in [3.63, 3.8) is 0 Å². The number of aliphatic hydroxyl groups is 1. The fraction of sp³-hybridized carbons (Fsp3) is 0.143. The molecular formula is C14H15NO2. The molecule has 0 radical (unpaired) electrons. The van der Waals surface area contributed by atoms with Gasteiger partial charge in [-0.1, -0.05) is 18.2 Å². The second kappa shape index (κ2) is 5.37. The highest BCUT2D eigenvalue weighted by atomic mass is 16.5. The normalized spacial score (nSPS) is 10.2. The summed E-state index contributed by atoms with van der Waals surface area (Å²) in [6, 6.07) is 14.9. The number of aliphatic hydroxyl groups excluding tert-OH is 1. The Kier molecular flexibility index (Phi) is 3.62. The Morgan fingerprint density at radius 3 is 2.41 bits per heavy atom. The molecule has 0 aromatic heterocycles. The molecule has 0 bridgehead atoms. The molecule has 0 atom stereocenters. The average Bonchev–Trinajstić information content (AvgIpc) is 2.35. The monoisotopic (exact) mass is 229 g/mol. The molecule has 0 saturated heterocycles. The van der Waals surface area contributed by atoms with Crippen LogP contribution in [0.1, 0.15) is 5.56 Å². The van der Waals surface area contributed by atoms with E-state index in [-0.39, 0.29) is 6.61 Å². The van der Waals surface area contributed by atoms with Crippen molar-refractivity contribution in [3.8, 4) is 11.5 Å². The van der Waals surface area contributed by atoms with E-state index in [1.54, 1.807) is 12.1 Å². The number of nitrogens with two attached hydrogens (primary N) is 1. The Morgan fingerprint density at radius 1 is 1.00 bits per heavy atom. The molecule has 88 valence electrons. The molecule has 0 heterocycles. The lowest BCUT2D eigenvalue weighted by molar-refractivity contribution is 0.298. The molecule has 17 heavy (non-hydrogen) atoms. The summed E-state index contributed by atoms with van der Waals surface area (Å²) in [4.78, 5) is 0. The molecule has 0 amide bonds. The number of ether oxygens (including phenoxy) is 1. The zero-order valence-electron chi connectivity index (χ0n) is 9.47. The predicted octanol–water partition coefficient (Wildman–Crippen LogP) is 2.60. The summed E-state index contributed by atoms with van der Waals surface area (Å²) in [7, 11) is 0. The van der Waals surface area contributed by atoms with Crippen LogP contribution in [0.2, 0.25) is 0 Å². The van der Waals surface area contributed by atoms with Gasteiger partial charge in [0.2, 0.25) is 0 Å². The minimum Gasteiger partial charge on any atom is -0.457 e. The molecule has 0 aliphatic rings. The van der Waals surface area contributed by atoms with Gasteiger partial charge in [0.15, 0.2) is 0 Å². The van der Waals surface area contributed by atoms with Gasteiger partial charge < -0.3 is 15.6 Å². The lowest BCUT2D eigenvalue weighted by Crippen LogP contribution is -1.95. The number of para-hydroxylation sites is 1. The third-order valence-electron chi connectivity index (χ3n) is 2.46. The molecule has 2 aromatic rings. The van der Waals surface area contributed by atoms with Crippen LogP contribution >= 0.6 is 0 Å². The molecule has 3 N–H and O–H groups in total. The highest BCUT2D eigenvalue weighted by Crippen LogP contribution is 2.25. The van der Waals surface area contributed by atoms with E-state index in [0.29, 0.717) is 12.1 Å². The van der Waals surface area contributed by atoms with Crippen LogP contribution in [0.3, 0.4) is 0 Å². The van der Waals surface area contributed by atoms with E-state index in [1.165, 1.54) is 0 Å². The van der Waals surface area contributed by atoms with E-state index in [2.05, 4.69) is 0 Å². The summed E-state index contributed by atoms with van der Waals surface area (Å²) >= 11 is 0. The molecule has 0 spiro atoms. The van der Waals surface area contributed by atoms with E-state index < -0.39 is 0 Å². The van der Waals surface area contributed by atoms with Crippen molar-refractivity contribution < 1.29 is 9.84 Å². The minimum absolute atomic E-state index is 0.113. The van der Waals surface area contributed by atoms with Crippen LogP contribution in [-0.4, -0.2) is 11.7 Å². The van der Waals surface area contributed by atoms with E-state index in [4.69, 9.17) is 15.6 Å². The average molecular weight is 229 g/mol. The fourth-order valence-corrected chi connectivity index (χ4v) is 1.59. The second-order valence-corrected chi connectivity index (χ2v) is 3.75. The zero-order chi connectivity index (χ0) is 12.1. The number of hydrogen-bond acceptors (Lipinski definition) is 3. The molecule has 3 heteroatoms. The number of nitrogen functional groups attached to an aromatic ring is 1. The molecule has 0 aliphatic carbocycles. The third-order valence-corrected chi connectivity index (χ3v) is 2.46. The van der Waals surface area contributed by atoms with Crippen LogP contribution in [0.4, 0.5) is 5.69 Å². The maximum atomic E-state index is 8.97. The summed E-state index contributed by atoms with van der Waals surface area (Å²) in [6.45, 7) is 0.113. The van der Waals surface area contributed by atoms with Gasteiger partial charge in [0.1, 0.15) is 11.5 Å². The summed E-state index contributed by atoms with van der Waals surface area (Å²) in [5.74, 6) is 1.51. The summed E-state index contributed by atoms with van der Waals surface area (Å²) in [5, 5.41) is 8.97. The summed E-state index contributed by atoms with van der Waals surface area (Å²) in [6.07, 6.45) is 0.588. The quantitative estimate of drug-likeness (QED) is 0.792. The largest absolute Gasteiger partial charge is 0.457 e. The van der Waals surface area contributed by atoms with Crippen molar-refractivity contribution in [2.75, 3.05) is 12.3 Å². The smallest absolute Gasteiger partial charge is 0.130 e. The molecular weight excluding hydrogens is 214 g/mol. The standard InChI is InChI=1S/C14H15NO2/c15-12-5-7-13(8-6-12)17-14-4-2-1-3-11(14)9-10-16/h1-8,16H,9-10,15H2. The molecule has 3 nitrogen and oxygen atoms in total. The molecule has 0 saturated carbocycles. The van der Waals surface area contributed by atoms with Gasteiger partial charge >= 0.3 is 0 Å². The van der Waals surface area contributed by atoms with E-state index in [0.717, 1.165) is 17.1 Å². The first-order chi connectivity index (χ1) is 8.29. The van der Waals surface area contributed by atoms with Crippen LogP contribution in [0.5, 0.6) is 11.5 Å². The Morgan fingerprint density at radius 2 is 1.71 bits per heavy atom. The van der Waals surface area contributed by atoms with Gasteiger partial charge in [0, 0.05) is 12.3 Å². The predicted molar refractivity (Wildman–Crippen MR) is 68.2 cm³/mol. The molecule has 2 aromatic carbocycles. The van der Waals surface area contributed by atoms with Crippen molar-refractivity contribution in [2.24, 2.45) is 0 Å². The van der Waals surface area contributed by atoms with Crippen LogP contribution < -0.4 is 10.5 Å². The Balaban J connectivity index is 2.20. The van der Waals surface area contributed by atoms with Gasteiger partial charge in [-0.05, 0) is 42.3 Å². The van der Waals surface area contributed by atoms with Crippen molar-refractivity contribution in [1.82, 2.24) is 0 Å². The van der Waals surface area contributed by atoms with Crippen LogP contribution in [-0.2, 0) is 6.42 Å². The SMILES string of the molecule is Nc1ccc(Oc2ccccc2CCO)cc1. The second-order valence-electron chi connectivity index (χ2n) is 3.75. The summed E-state index contributed by atoms with van der Waals surface area (Å²) < 4.78 is 5.75. The Hall–Kier alpha value is -2.00. The number of rotatable bonds is 4. The maximum absolute atomic E-state index is 8.97. The fourth-order valence-electron chi connectivity index (χ4n) is 1.59. The van der Waals surface area contributed by atoms with Gasteiger partial charge in [0.25, 0.3) is 0 Å². The lowest BCUT2D eigenvalue weighted by Gasteiger charge is -2.10. The van der Waals surface area contributed by atoms with Gasteiger partial charge in [-0.15, -0.1) is 0 Å². The minimum atomic E-state index is 0.113. The lowest BCUT2D eigenvalue weighted by atomic mass is 10.1. The van der Waals surface area contributed by atoms with E-state index in [1.807, 2.05) is 36.4 Å². The highest BCUT2D eigenvalue weighted by molar-refractivity contribution is 5.44. The first kappa shape index (κ1) is 11.5. The number of hydrogen-bond donors (Lipinski definition) is 2. The van der Waals surface area contributed by atoms with Crippen molar-refractivity contribution in [2.45, 2.75) is 6.42 Å². The Bertz CT molecular complexity index is 480. The Labute approximate surface area is 100 Å². The van der Waals surface area contributed by atoms with E-state index >= 15 is 0 Å². The topological polar surface area (TPSA) is 55.5 Å². The third kappa shape index (κ3) is 2.98. The van der Waals surface area contributed by atoms with Crippen molar-refractivity contribution in [1.29, 1.82) is 0 Å². The molecule has 0 fully saturated rings. The van der Waals surface area contributed by atoms with Crippen molar-refractivity contribution in [3.05, 3.63) is 54.1 Å². The van der Waals surface area contributed by atoms with Gasteiger partial charge in [-0.3, -0.25) is 0 Å². The first-order valence-corrected chi connectivity index (χ1v) is 5.52. The number of benzene rings is 2. The molecule has 0 unspecified atom stereocenters. The van der Waals surface area contributed by atoms with Gasteiger partial charge in [0.05, 0.1) is 0 Å². The molecule has 0 aliphatic heterocycles. The first-order valence-electron chi connectivity index (χ1n) is 5.52. The van der Waals surface area contributed by atoms with Crippen LogP contribution in [0.25, 0.3) is 0 Å². The van der Waals surface area contributed by atoms with Crippen molar-refractivity contribution >= 4 is 5.69 Å². The maximum Gasteiger partial charge on any atom is 0.130 e. The van der Waals surface area contributed by atoms with Crippen LogP contribution in [0.15, 0.2) is 48.5 Å². The van der Waals surface area contributed by atoms with Gasteiger partial charge in [-0.25, -0.2) is 0 Å². The highest BCUT2D eigenvalue weighted by Gasteiger charge is 2.03. The van der Waals surface area contributed by atoms with Gasteiger partial charge in [-0.2, -0.15) is 0 Å². The summed E-state index contributed by atoms with van der Waals surface area (Å²) in [5.41, 5.74) is 7.31. The van der Waals surface area contributed by atoms with Crippen LogP contribution in [0, 0.1) is 0 Å². The van der Waals surface area contributed by atoms with E-state index in [9.17, 15) is 0 Å². The molecule has 2 rings (SSSR count). The zero-order valence-corrected chi connectivity index (χ0v) is 9.47.